The number of halogens is 3. The molecule has 0 radical (unpaired) electrons. The SMILES string of the molecule is CCNC(=NCc1ccccc1)NCCNc1ncccc1C(F)(F)F. The molecule has 0 spiro atoms. The van der Waals surface area contributed by atoms with Gasteiger partial charge in [0, 0.05) is 25.8 Å². The normalized spacial score (nSPS) is 11.9. The zero-order chi connectivity index (χ0) is 18.8. The van der Waals surface area contributed by atoms with Gasteiger partial charge < -0.3 is 16.0 Å². The highest BCUT2D eigenvalue weighted by Crippen LogP contribution is 2.33. The highest BCUT2D eigenvalue weighted by Gasteiger charge is 2.33. The van der Waals surface area contributed by atoms with E-state index in [9.17, 15) is 13.2 Å². The van der Waals surface area contributed by atoms with Crippen molar-refractivity contribution in [2.24, 2.45) is 4.99 Å². The molecule has 0 atom stereocenters. The molecule has 0 saturated heterocycles. The molecule has 0 aliphatic carbocycles. The maximum Gasteiger partial charge on any atom is 0.419 e. The first kappa shape index (κ1) is 19.6. The summed E-state index contributed by atoms with van der Waals surface area (Å²) >= 11 is 0. The van der Waals surface area contributed by atoms with Gasteiger partial charge in [0.15, 0.2) is 5.96 Å². The Morgan fingerprint density at radius 3 is 2.50 bits per heavy atom. The Hall–Kier alpha value is -2.77. The van der Waals surface area contributed by atoms with Gasteiger partial charge in [-0.2, -0.15) is 13.2 Å². The van der Waals surface area contributed by atoms with E-state index in [0.717, 1.165) is 11.6 Å². The minimum Gasteiger partial charge on any atom is -0.368 e. The molecule has 0 bridgehead atoms. The van der Waals surface area contributed by atoms with E-state index in [0.29, 0.717) is 25.6 Å². The Morgan fingerprint density at radius 1 is 1.04 bits per heavy atom. The molecule has 0 aliphatic heterocycles. The Kier molecular flexibility index (Phi) is 7.25. The van der Waals surface area contributed by atoms with Crippen LogP contribution in [0.25, 0.3) is 0 Å². The van der Waals surface area contributed by atoms with Gasteiger partial charge in [0.25, 0.3) is 0 Å². The second kappa shape index (κ2) is 9.65. The van der Waals surface area contributed by atoms with Crippen LogP contribution in [0.1, 0.15) is 18.1 Å². The van der Waals surface area contributed by atoms with Crippen LogP contribution < -0.4 is 16.0 Å². The third-order valence-corrected chi connectivity index (χ3v) is 3.43. The summed E-state index contributed by atoms with van der Waals surface area (Å²) < 4.78 is 38.8. The Labute approximate surface area is 150 Å². The number of aromatic nitrogens is 1. The lowest BCUT2D eigenvalue weighted by atomic mass is 10.2. The fourth-order valence-corrected chi connectivity index (χ4v) is 2.23. The van der Waals surface area contributed by atoms with Crippen molar-refractivity contribution in [3.63, 3.8) is 0 Å². The smallest absolute Gasteiger partial charge is 0.368 e. The summed E-state index contributed by atoms with van der Waals surface area (Å²) in [5, 5.41) is 8.90. The van der Waals surface area contributed by atoms with E-state index in [1.807, 2.05) is 37.3 Å². The number of nitrogens with one attached hydrogen (secondary N) is 3. The summed E-state index contributed by atoms with van der Waals surface area (Å²) in [4.78, 5) is 8.23. The van der Waals surface area contributed by atoms with Gasteiger partial charge in [-0.1, -0.05) is 30.3 Å². The third kappa shape index (κ3) is 6.27. The summed E-state index contributed by atoms with van der Waals surface area (Å²) in [7, 11) is 0. The van der Waals surface area contributed by atoms with Crippen LogP contribution in [0.15, 0.2) is 53.7 Å². The minimum absolute atomic E-state index is 0.173. The molecule has 0 aliphatic rings. The number of anilines is 1. The predicted octanol–water partition coefficient (Wildman–Crippen LogP) is 3.27. The molecule has 140 valence electrons. The van der Waals surface area contributed by atoms with Crippen LogP contribution in [0.5, 0.6) is 0 Å². The summed E-state index contributed by atoms with van der Waals surface area (Å²) in [6.45, 7) is 3.82. The number of rotatable bonds is 7. The van der Waals surface area contributed by atoms with Crippen LogP contribution in [-0.2, 0) is 12.7 Å². The molecule has 1 aromatic carbocycles. The number of benzene rings is 1. The fraction of sp³-hybridized carbons (Fsp3) is 0.333. The first-order valence-corrected chi connectivity index (χ1v) is 8.33. The molecule has 1 heterocycles. The van der Waals surface area contributed by atoms with Crippen molar-refractivity contribution in [3.05, 3.63) is 59.8 Å². The van der Waals surface area contributed by atoms with E-state index in [-0.39, 0.29) is 12.4 Å². The van der Waals surface area contributed by atoms with Crippen molar-refractivity contribution in [2.45, 2.75) is 19.6 Å². The van der Waals surface area contributed by atoms with Gasteiger partial charge in [0.05, 0.1) is 12.1 Å². The van der Waals surface area contributed by atoms with Crippen LogP contribution in [0.4, 0.5) is 19.0 Å². The van der Waals surface area contributed by atoms with Gasteiger partial charge in [0.2, 0.25) is 0 Å². The van der Waals surface area contributed by atoms with E-state index in [1.165, 1.54) is 12.3 Å². The van der Waals surface area contributed by atoms with Gasteiger partial charge in [-0.3, -0.25) is 0 Å². The van der Waals surface area contributed by atoms with Crippen LogP contribution in [-0.4, -0.2) is 30.6 Å². The molecule has 2 rings (SSSR count). The molecule has 26 heavy (non-hydrogen) atoms. The monoisotopic (exact) mass is 365 g/mol. The highest BCUT2D eigenvalue weighted by atomic mass is 19.4. The van der Waals surface area contributed by atoms with Crippen molar-refractivity contribution in [2.75, 3.05) is 25.0 Å². The molecule has 2 aromatic rings. The van der Waals surface area contributed by atoms with E-state index >= 15 is 0 Å². The quantitative estimate of drug-likeness (QED) is 0.400. The number of alkyl halides is 3. The lowest BCUT2D eigenvalue weighted by Gasteiger charge is -2.14. The van der Waals surface area contributed by atoms with E-state index in [4.69, 9.17) is 0 Å². The van der Waals surface area contributed by atoms with Gasteiger partial charge >= 0.3 is 6.18 Å². The molecule has 5 nitrogen and oxygen atoms in total. The van der Waals surface area contributed by atoms with Gasteiger partial charge in [0.1, 0.15) is 5.82 Å². The Balaban J connectivity index is 1.87. The lowest BCUT2D eigenvalue weighted by Crippen LogP contribution is -2.39. The zero-order valence-corrected chi connectivity index (χ0v) is 14.5. The van der Waals surface area contributed by atoms with Crippen LogP contribution in [0, 0.1) is 0 Å². The number of nitrogens with zero attached hydrogens (tertiary/aromatic N) is 2. The molecule has 0 unspecified atom stereocenters. The molecule has 0 amide bonds. The fourth-order valence-electron chi connectivity index (χ4n) is 2.23. The first-order chi connectivity index (χ1) is 12.5. The molecule has 0 fully saturated rings. The molecule has 8 heteroatoms. The number of pyridine rings is 1. The molecular weight excluding hydrogens is 343 g/mol. The lowest BCUT2D eigenvalue weighted by molar-refractivity contribution is -0.137. The van der Waals surface area contributed by atoms with E-state index in [2.05, 4.69) is 25.9 Å². The third-order valence-electron chi connectivity index (χ3n) is 3.43. The minimum atomic E-state index is -4.43. The maximum atomic E-state index is 12.9. The average Bonchev–Trinajstić information content (AvgIpc) is 2.63. The first-order valence-electron chi connectivity index (χ1n) is 8.33. The Bertz CT molecular complexity index is 701. The zero-order valence-electron chi connectivity index (χ0n) is 14.5. The summed E-state index contributed by atoms with van der Waals surface area (Å²) in [5.41, 5.74) is 0.302. The van der Waals surface area contributed by atoms with Crippen molar-refractivity contribution < 1.29 is 13.2 Å². The van der Waals surface area contributed by atoms with E-state index < -0.39 is 11.7 Å². The van der Waals surface area contributed by atoms with Crippen LogP contribution in [0.2, 0.25) is 0 Å². The van der Waals surface area contributed by atoms with Crippen molar-refractivity contribution >= 4 is 11.8 Å². The number of aliphatic imine (C=N–C) groups is 1. The topological polar surface area (TPSA) is 61.3 Å². The summed E-state index contributed by atoms with van der Waals surface area (Å²) in [6.07, 6.45) is -3.10. The van der Waals surface area contributed by atoms with E-state index in [1.54, 1.807) is 0 Å². The molecule has 1 aromatic heterocycles. The summed E-state index contributed by atoms with van der Waals surface area (Å²) in [5.74, 6) is 0.434. The highest BCUT2D eigenvalue weighted by molar-refractivity contribution is 5.79. The molecule has 0 saturated carbocycles. The summed E-state index contributed by atoms with van der Waals surface area (Å²) in [6, 6.07) is 12.1. The van der Waals surface area contributed by atoms with Gasteiger partial charge in [-0.25, -0.2) is 9.98 Å². The Morgan fingerprint density at radius 2 is 1.81 bits per heavy atom. The largest absolute Gasteiger partial charge is 0.419 e. The van der Waals surface area contributed by atoms with Crippen LogP contribution >= 0.6 is 0 Å². The van der Waals surface area contributed by atoms with Gasteiger partial charge in [-0.05, 0) is 24.6 Å². The molecule has 3 N–H and O–H groups in total. The van der Waals surface area contributed by atoms with Gasteiger partial charge in [-0.15, -0.1) is 0 Å². The van der Waals surface area contributed by atoms with Crippen molar-refractivity contribution in [1.29, 1.82) is 0 Å². The van der Waals surface area contributed by atoms with Crippen molar-refractivity contribution in [3.8, 4) is 0 Å². The van der Waals surface area contributed by atoms with Crippen LogP contribution in [0.3, 0.4) is 0 Å². The average molecular weight is 365 g/mol. The number of hydrogen-bond acceptors (Lipinski definition) is 3. The molecular formula is C18H22F3N5. The second-order valence-corrected chi connectivity index (χ2v) is 5.43. The number of hydrogen-bond donors (Lipinski definition) is 3. The number of guanidine groups is 1. The van der Waals surface area contributed by atoms with Crippen molar-refractivity contribution in [1.82, 2.24) is 15.6 Å². The predicted molar refractivity (Wildman–Crippen MR) is 97.0 cm³/mol. The standard InChI is InChI=1S/C18H22F3N5/c1-2-22-17(26-13-14-7-4-3-5-8-14)25-12-11-24-16-15(18(19,20)21)9-6-10-23-16/h3-10H,2,11-13H2,1H3,(H,23,24)(H2,22,25,26). The maximum absolute atomic E-state index is 12.9. The second-order valence-electron chi connectivity index (χ2n) is 5.43.